The second-order valence-corrected chi connectivity index (χ2v) is 4.52. The summed E-state index contributed by atoms with van der Waals surface area (Å²) in [4.78, 5) is 18.4. The summed E-state index contributed by atoms with van der Waals surface area (Å²) in [6, 6.07) is 5.72. The van der Waals surface area contributed by atoms with Crippen molar-refractivity contribution in [1.29, 1.82) is 0 Å². The van der Waals surface area contributed by atoms with Gasteiger partial charge in [-0.15, -0.1) is 0 Å². The Labute approximate surface area is 126 Å². The minimum Gasteiger partial charge on any atom is -0.439 e. The van der Waals surface area contributed by atoms with Crippen LogP contribution in [0.3, 0.4) is 0 Å². The first kappa shape index (κ1) is 15.0. The van der Waals surface area contributed by atoms with Crippen LogP contribution in [-0.2, 0) is 0 Å². The highest BCUT2D eigenvalue weighted by Gasteiger charge is 2.13. The lowest BCUT2D eigenvalue weighted by Crippen LogP contribution is -2.04. The number of benzene rings is 1. The van der Waals surface area contributed by atoms with Crippen LogP contribution in [0.5, 0.6) is 11.6 Å². The van der Waals surface area contributed by atoms with Crippen LogP contribution in [-0.4, -0.2) is 21.4 Å². The zero-order valence-corrected chi connectivity index (χ0v) is 12.0. The molecule has 1 heterocycles. The van der Waals surface area contributed by atoms with Gasteiger partial charge in [-0.3, -0.25) is 10.1 Å². The van der Waals surface area contributed by atoms with E-state index in [9.17, 15) is 10.1 Å². The summed E-state index contributed by atoms with van der Waals surface area (Å²) in [6.07, 6.45) is 2.51. The van der Waals surface area contributed by atoms with Gasteiger partial charge in [0.15, 0.2) is 0 Å². The van der Waals surface area contributed by atoms with E-state index in [1.165, 1.54) is 18.2 Å². The van der Waals surface area contributed by atoms with Gasteiger partial charge < -0.3 is 10.1 Å². The topological polar surface area (TPSA) is 90.2 Å². The molecule has 1 N–H and O–H groups in total. The molecule has 21 heavy (non-hydrogen) atoms. The number of rotatable bonds is 6. The number of hydrogen-bond acceptors (Lipinski definition) is 6. The number of aromatic nitrogens is 2. The fourth-order valence-corrected chi connectivity index (χ4v) is 1.78. The van der Waals surface area contributed by atoms with Crippen molar-refractivity contribution in [3.8, 4) is 11.6 Å². The number of nitro groups is 1. The summed E-state index contributed by atoms with van der Waals surface area (Å²) >= 11 is 5.82. The van der Waals surface area contributed by atoms with E-state index >= 15 is 0 Å². The van der Waals surface area contributed by atoms with E-state index in [1.54, 1.807) is 12.3 Å². The van der Waals surface area contributed by atoms with Crippen LogP contribution in [0.2, 0.25) is 5.02 Å². The first-order valence-corrected chi connectivity index (χ1v) is 6.66. The van der Waals surface area contributed by atoms with Crippen molar-refractivity contribution in [2.75, 3.05) is 11.9 Å². The van der Waals surface area contributed by atoms with Crippen LogP contribution < -0.4 is 10.1 Å². The van der Waals surface area contributed by atoms with Gasteiger partial charge in [-0.05, 0) is 12.5 Å². The molecule has 2 aromatic rings. The number of nitrogens with zero attached hydrogens (tertiary/aromatic N) is 3. The molecule has 110 valence electrons. The number of nitrogens with one attached hydrogen (secondary N) is 1. The molecule has 0 bridgehead atoms. The second-order valence-electron chi connectivity index (χ2n) is 4.12. The van der Waals surface area contributed by atoms with Crippen molar-refractivity contribution in [1.82, 2.24) is 9.97 Å². The van der Waals surface area contributed by atoms with E-state index in [2.05, 4.69) is 15.3 Å². The van der Waals surface area contributed by atoms with Gasteiger partial charge in [0.2, 0.25) is 11.8 Å². The molecular weight excluding hydrogens is 296 g/mol. The smallest absolute Gasteiger partial charge is 0.288 e. The Kier molecular flexibility index (Phi) is 4.89. The highest BCUT2D eigenvalue weighted by Crippen LogP contribution is 2.30. The van der Waals surface area contributed by atoms with Crippen molar-refractivity contribution < 1.29 is 9.66 Å². The Morgan fingerprint density at radius 2 is 2.24 bits per heavy atom. The Morgan fingerprint density at radius 3 is 2.90 bits per heavy atom. The first-order chi connectivity index (χ1) is 10.1. The van der Waals surface area contributed by atoms with Crippen molar-refractivity contribution in [3.05, 3.63) is 45.6 Å². The summed E-state index contributed by atoms with van der Waals surface area (Å²) in [7, 11) is 0. The van der Waals surface area contributed by atoms with Crippen LogP contribution in [0.4, 0.5) is 11.6 Å². The molecule has 0 aliphatic carbocycles. The molecule has 0 saturated carbocycles. The van der Waals surface area contributed by atoms with Crippen LogP contribution in [0, 0.1) is 10.1 Å². The SMILES string of the molecule is CCCNc1nccc(Oc2ccc([N+](=O)[O-])c(Cl)c2)n1. The predicted molar refractivity (Wildman–Crippen MR) is 79.0 cm³/mol. The number of hydrogen-bond donors (Lipinski definition) is 1. The maximum Gasteiger partial charge on any atom is 0.288 e. The van der Waals surface area contributed by atoms with Gasteiger partial charge in [0.1, 0.15) is 10.8 Å². The van der Waals surface area contributed by atoms with E-state index in [1.807, 2.05) is 6.92 Å². The molecule has 7 nitrogen and oxygen atoms in total. The Balaban J connectivity index is 2.14. The fourth-order valence-electron chi connectivity index (χ4n) is 1.54. The molecule has 0 atom stereocenters. The van der Waals surface area contributed by atoms with Crippen molar-refractivity contribution in [2.45, 2.75) is 13.3 Å². The third-order valence-corrected chi connectivity index (χ3v) is 2.80. The van der Waals surface area contributed by atoms with E-state index in [4.69, 9.17) is 16.3 Å². The van der Waals surface area contributed by atoms with Gasteiger partial charge in [0.25, 0.3) is 5.69 Å². The second kappa shape index (κ2) is 6.85. The van der Waals surface area contributed by atoms with E-state index in [0.29, 0.717) is 17.6 Å². The zero-order chi connectivity index (χ0) is 15.2. The lowest BCUT2D eigenvalue weighted by atomic mass is 10.3. The standard InChI is InChI=1S/C13H13ClN4O3/c1-2-6-15-13-16-7-5-12(17-13)21-9-3-4-11(18(19)20)10(14)8-9/h3-5,7-8H,2,6H2,1H3,(H,15,16,17). The molecule has 0 radical (unpaired) electrons. The summed E-state index contributed by atoms with van der Waals surface area (Å²) in [6.45, 7) is 2.79. The highest BCUT2D eigenvalue weighted by molar-refractivity contribution is 6.32. The van der Waals surface area contributed by atoms with Crippen LogP contribution in [0.25, 0.3) is 0 Å². The van der Waals surface area contributed by atoms with Crippen molar-refractivity contribution in [2.24, 2.45) is 0 Å². The summed E-state index contributed by atoms with van der Waals surface area (Å²) in [5, 5.41) is 13.7. The Hall–Kier alpha value is -2.41. The van der Waals surface area contributed by atoms with E-state index < -0.39 is 4.92 Å². The minimum atomic E-state index is -0.552. The quantitative estimate of drug-likeness (QED) is 0.647. The Morgan fingerprint density at radius 1 is 1.43 bits per heavy atom. The van der Waals surface area contributed by atoms with Gasteiger partial charge in [-0.2, -0.15) is 4.98 Å². The molecule has 1 aromatic heterocycles. The molecule has 8 heteroatoms. The molecule has 2 rings (SSSR count). The maximum absolute atomic E-state index is 10.7. The molecule has 0 spiro atoms. The van der Waals surface area contributed by atoms with Gasteiger partial charge in [-0.1, -0.05) is 18.5 Å². The average Bonchev–Trinajstić information content (AvgIpc) is 2.45. The first-order valence-electron chi connectivity index (χ1n) is 6.29. The molecule has 0 saturated heterocycles. The molecule has 1 aromatic carbocycles. The van der Waals surface area contributed by atoms with E-state index in [-0.39, 0.29) is 10.7 Å². The normalized spacial score (nSPS) is 10.2. The molecular formula is C13H13ClN4O3. The molecule has 0 aliphatic heterocycles. The number of ether oxygens (including phenoxy) is 1. The average molecular weight is 309 g/mol. The third kappa shape index (κ3) is 4.03. The zero-order valence-electron chi connectivity index (χ0n) is 11.2. The maximum atomic E-state index is 10.7. The van der Waals surface area contributed by atoms with Crippen molar-refractivity contribution in [3.63, 3.8) is 0 Å². The fraction of sp³-hybridized carbons (Fsp3) is 0.231. The van der Waals surface area contributed by atoms with Gasteiger partial charge in [0.05, 0.1) is 4.92 Å². The monoisotopic (exact) mass is 308 g/mol. The highest BCUT2D eigenvalue weighted by atomic mass is 35.5. The lowest BCUT2D eigenvalue weighted by Gasteiger charge is -2.07. The van der Waals surface area contributed by atoms with Gasteiger partial charge in [-0.25, -0.2) is 4.98 Å². The summed E-state index contributed by atoms with van der Waals surface area (Å²) in [5.74, 6) is 1.15. The lowest BCUT2D eigenvalue weighted by molar-refractivity contribution is -0.384. The largest absolute Gasteiger partial charge is 0.439 e. The van der Waals surface area contributed by atoms with Gasteiger partial charge in [0, 0.05) is 30.9 Å². The summed E-state index contributed by atoms with van der Waals surface area (Å²) < 4.78 is 5.52. The molecule has 0 fully saturated rings. The van der Waals surface area contributed by atoms with Crippen molar-refractivity contribution >= 4 is 23.2 Å². The third-order valence-electron chi connectivity index (χ3n) is 2.50. The number of anilines is 1. The number of halogens is 1. The molecule has 0 amide bonds. The predicted octanol–water partition coefficient (Wildman–Crippen LogP) is 3.65. The Bertz CT molecular complexity index is 651. The van der Waals surface area contributed by atoms with E-state index in [0.717, 1.165) is 13.0 Å². The minimum absolute atomic E-state index is 0.0101. The number of nitro benzene ring substituents is 1. The van der Waals surface area contributed by atoms with Crippen LogP contribution in [0.1, 0.15) is 13.3 Å². The van der Waals surface area contributed by atoms with Gasteiger partial charge >= 0.3 is 0 Å². The molecule has 0 unspecified atom stereocenters. The van der Waals surface area contributed by atoms with Crippen LogP contribution in [0.15, 0.2) is 30.5 Å². The summed E-state index contributed by atoms with van der Waals surface area (Å²) in [5.41, 5.74) is -0.169. The van der Waals surface area contributed by atoms with Crippen LogP contribution >= 0.6 is 11.6 Å². The molecule has 0 aliphatic rings.